The van der Waals surface area contributed by atoms with Crippen LogP contribution in [0.15, 0.2) is 12.3 Å². The van der Waals surface area contributed by atoms with Crippen molar-refractivity contribution in [1.82, 2.24) is 15.1 Å². The summed E-state index contributed by atoms with van der Waals surface area (Å²) in [6.07, 6.45) is 5.83. The molecule has 3 nitrogen and oxygen atoms in total. The third-order valence-corrected chi connectivity index (χ3v) is 3.55. The van der Waals surface area contributed by atoms with Crippen molar-refractivity contribution in [1.29, 1.82) is 0 Å². The second-order valence-corrected chi connectivity index (χ2v) is 5.27. The van der Waals surface area contributed by atoms with E-state index in [1.165, 1.54) is 25.1 Å². The van der Waals surface area contributed by atoms with Crippen LogP contribution in [0.5, 0.6) is 0 Å². The number of hydrogen-bond donors (Lipinski definition) is 1. The van der Waals surface area contributed by atoms with Crippen LogP contribution in [0.4, 0.5) is 0 Å². The average Bonchev–Trinajstić information content (AvgIpc) is 2.70. The molecule has 2 rings (SSSR count). The zero-order valence-corrected chi connectivity index (χ0v) is 10.6. The molecule has 90 valence electrons. The van der Waals surface area contributed by atoms with Crippen LogP contribution in [-0.4, -0.2) is 22.4 Å². The molecule has 0 bridgehead atoms. The molecular formula is C13H23N3. The molecule has 0 saturated carbocycles. The van der Waals surface area contributed by atoms with Crippen molar-refractivity contribution in [3.05, 3.63) is 18.0 Å². The van der Waals surface area contributed by atoms with E-state index in [0.717, 1.165) is 12.3 Å². The zero-order valence-electron chi connectivity index (χ0n) is 10.6. The first kappa shape index (κ1) is 11.6. The Morgan fingerprint density at radius 2 is 2.38 bits per heavy atom. The maximum atomic E-state index is 4.61. The number of piperidine rings is 1. The van der Waals surface area contributed by atoms with E-state index in [9.17, 15) is 0 Å². The summed E-state index contributed by atoms with van der Waals surface area (Å²) >= 11 is 0. The summed E-state index contributed by atoms with van der Waals surface area (Å²) < 4.78 is 2.04. The van der Waals surface area contributed by atoms with Gasteiger partial charge in [-0.2, -0.15) is 5.10 Å². The van der Waals surface area contributed by atoms with E-state index in [4.69, 9.17) is 0 Å². The summed E-state index contributed by atoms with van der Waals surface area (Å²) in [7, 11) is 0. The Morgan fingerprint density at radius 1 is 1.56 bits per heavy atom. The third kappa shape index (κ3) is 2.64. The molecule has 1 aliphatic rings. The molecule has 1 fully saturated rings. The first-order valence-electron chi connectivity index (χ1n) is 6.44. The lowest BCUT2D eigenvalue weighted by Gasteiger charge is -2.29. The number of rotatable bonds is 3. The van der Waals surface area contributed by atoms with E-state index in [1.54, 1.807) is 0 Å². The molecule has 0 aromatic carbocycles. The molecule has 2 heterocycles. The van der Waals surface area contributed by atoms with Gasteiger partial charge in [0.25, 0.3) is 0 Å². The van der Waals surface area contributed by atoms with Gasteiger partial charge in [0.2, 0.25) is 0 Å². The van der Waals surface area contributed by atoms with Gasteiger partial charge in [0.05, 0.1) is 5.69 Å². The molecule has 0 aliphatic carbocycles. The second kappa shape index (κ2) is 5.00. The van der Waals surface area contributed by atoms with Crippen molar-refractivity contribution in [3.8, 4) is 0 Å². The summed E-state index contributed by atoms with van der Waals surface area (Å²) in [6.45, 7) is 7.84. The number of hydrogen-bond acceptors (Lipinski definition) is 2. The Hall–Kier alpha value is -0.830. The predicted molar refractivity (Wildman–Crippen MR) is 66.5 cm³/mol. The summed E-state index contributed by atoms with van der Waals surface area (Å²) in [4.78, 5) is 0. The van der Waals surface area contributed by atoms with Crippen molar-refractivity contribution in [2.75, 3.05) is 6.54 Å². The van der Waals surface area contributed by atoms with Crippen LogP contribution in [0, 0.1) is 5.92 Å². The minimum Gasteiger partial charge on any atom is -0.313 e. The topological polar surface area (TPSA) is 29.9 Å². The maximum Gasteiger partial charge on any atom is 0.0640 e. The van der Waals surface area contributed by atoms with Gasteiger partial charge in [-0.3, -0.25) is 4.68 Å². The van der Waals surface area contributed by atoms with Crippen molar-refractivity contribution < 1.29 is 0 Å². The van der Waals surface area contributed by atoms with Gasteiger partial charge in [-0.25, -0.2) is 0 Å². The summed E-state index contributed by atoms with van der Waals surface area (Å²) in [5.41, 5.74) is 1.22. The van der Waals surface area contributed by atoms with Crippen LogP contribution in [0.3, 0.4) is 0 Å². The molecular weight excluding hydrogens is 198 g/mol. The minimum atomic E-state index is 0.463. The predicted octanol–water partition coefficient (Wildman–Crippen LogP) is 2.39. The molecule has 3 heteroatoms. The second-order valence-electron chi connectivity index (χ2n) is 5.27. The lowest BCUT2D eigenvalue weighted by atomic mass is 9.90. The van der Waals surface area contributed by atoms with Gasteiger partial charge in [0.15, 0.2) is 0 Å². The molecule has 0 amide bonds. The van der Waals surface area contributed by atoms with Gasteiger partial charge >= 0.3 is 0 Å². The van der Waals surface area contributed by atoms with Crippen LogP contribution in [0.2, 0.25) is 0 Å². The van der Waals surface area contributed by atoms with Gasteiger partial charge in [0, 0.05) is 24.7 Å². The standard InChI is InChI=1S/C13H23N3/c1-10(2)16-8-6-12(15-16)9-13-11(3)5-4-7-14-13/h6,8,10-11,13-14H,4-5,7,9H2,1-3H3. The molecule has 1 aromatic heterocycles. The SMILES string of the molecule is CC1CCCNC1Cc1ccn(C(C)C)n1. The summed E-state index contributed by atoms with van der Waals surface area (Å²) in [5, 5.41) is 8.22. The molecule has 0 spiro atoms. The zero-order chi connectivity index (χ0) is 11.5. The molecule has 1 aromatic rings. The number of nitrogens with one attached hydrogen (secondary N) is 1. The summed E-state index contributed by atoms with van der Waals surface area (Å²) in [5.74, 6) is 0.776. The highest BCUT2D eigenvalue weighted by atomic mass is 15.3. The van der Waals surface area contributed by atoms with E-state index in [2.05, 4.69) is 43.4 Å². The van der Waals surface area contributed by atoms with Gasteiger partial charge in [0.1, 0.15) is 0 Å². The molecule has 1 aliphatic heterocycles. The van der Waals surface area contributed by atoms with Crippen molar-refractivity contribution in [2.24, 2.45) is 5.92 Å². The Balaban J connectivity index is 1.97. The molecule has 2 atom stereocenters. The van der Waals surface area contributed by atoms with Crippen LogP contribution in [0.25, 0.3) is 0 Å². The minimum absolute atomic E-state index is 0.463. The normalized spacial score (nSPS) is 26.2. The van der Waals surface area contributed by atoms with Gasteiger partial charge in [-0.05, 0) is 45.2 Å². The molecule has 1 N–H and O–H groups in total. The molecule has 16 heavy (non-hydrogen) atoms. The van der Waals surface area contributed by atoms with Gasteiger partial charge in [-0.15, -0.1) is 0 Å². The fraction of sp³-hybridized carbons (Fsp3) is 0.769. The fourth-order valence-corrected chi connectivity index (χ4v) is 2.39. The lowest BCUT2D eigenvalue weighted by molar-refractivity contribution is 0.296. The Morgan fingerprint density at radius 3 is 3.00 bits per heavy atom. The number of aromatic nitrogens is 2. The van der Waals surface area contributed by atoms with Gasteiger partial charge in [-0.1, -0.05) is 6.92 Å². The van der Waals surface area contributed by atoms with E-state index in [0.29, 0.717) is 12.1 Å². The molecule has 1 saturated heterocycles. The first-order valence-corrected chi connectivity index (χ1v) is 6.44. The van der Waals surface area contributed by atoms with Crippen LogP contribution < -0.4 is 5.32 Å². The van der Waals surface area contributed by atoms with Crippen LogP contribution >= 0.6 is 0 Å². The maximum absolute atomic E-state index is 4.61. The molecule has 0 radical (unpaired) electrons. The monoisotopic (exact) mass is 221 g/mol. The van der Waals surface area contributed by atoms with E-state index in [1.807, 2.05) is 4.68 Å². The lowest BCUT2D eigenvalue weighted by Crippen LogP contribution is -2.41. The van der Waals surface area contributed by atoms with E-state index in [-0.39, 0.29) is 0 Å². The third-order valence-electron chi connectivity index (χ3n) is 3.55. The first-order chi connectivity index (χ1) is 7.66. The van der Waals surface area contributed by atoms with E-state index < -0.39 is 0 Å². The summed E-state index contributed by atoms with van der Waals surface area (Å²) in [6, 6.07) is 3.23. The quantitative estimate of drug-likeness (QED) is 0.849. The van der Waals surface area contributed by atoms with Crippen molar-refractivity contribution in [3.63, 3.8) is 0 Å². The van der Waals surface area contributed by atoms with Crippen molar-refractivity contribution >= 4 is 0 Å². The largest absolute Gasteiger partial charge is 0.313 e. The smallest absolute Gasteiger partial charge is 0.0640 e. The highest BCUT2D eigenvalue weighted by Crippen LogP contribution is 2.18. The Labute approximate surface area is 98.2 Å². The van der Waals surface area contributed by atoms with Crippen LogP contribution in [-0.2, 0) is 6.42 Å². The molecule has 2 unspecified atom stereocenters. The Bertz CT molecular complexity index is 330. The highest BCUT2D eigenvalue weighted by molar-refractivity contribution is 5.03. The highest BCUT2D eigenvalue weighted by Gasteiger charge is 2.21. The van der Waals surface area contributed by atoms with Crippen molar-refractivity contribution in [2.45, 2.75) is 52.1 Å². The average molecular weight is 221 g/mol. The number of nitrogens with zero attached hydrogens (tertiary/aromatic N) is 2. The van der Waals surface area contributed by atoms with E-state index >= 15 is 0 Å². The Kier molecular flexibility index (Phi) is 3.64. The van der Waals surface area contributed by atoms with Gasteiger partial charge < -0.3 is 5.32 Å². The van der Waals surface area contributed by atoms with Crippen LogP contribution in [0.1, 0.15) is 45.3 Å². The fourth-order valence-electron chi connectivity index (χ4n) is 2.39.